The predicted molar refractivity (Wildman–Crippen MR) is 48.2 cm³/mol. The summed E-state index contributed by atoms with van der Waals surface area (Å²) in [5, 5.41) is 11.5. The van der Waals surface area contributed by atoms with Crippen LogP contribution in [0.3, 0.4) is 0 Å². The third kappa shape index (κ3) is 3.32. The van der Waals surface area contributed by atoms with E-state index in [-0.39, 0.29) is 24.3 Å². The van der Waals surface area contributed by atoms with Crippen molar-refractivity contribution in [2.75, 3.05) is 26.4 Å². The molecule has 4 heteroatoms. The van der Waals surface area contributed by atoms with Gasteiger partial charge in [0.2, 0.25) is 5.91 Å². The fourth-order valence-electron chi connectivity index (χ4n) is 1.23. The summed E-state index contributed by atoms with van der Waals surface area (Å²) in [4.78, 5) is 11.4. The highest BCUT2D eigenvalue weighted by molar-refractivity contribution is 5.78. The second-order valence-electron chi connectivity index (χ2n) is 3.59. The average Bonchev–Trinajstić information content (AvgIpc) is 2.66. The molecule has 0 aromatic heterocycles. The Kier molecular flexibility index (Phi) is 4.18. The lowest BCUT2D eigenvalue weighted by molar-refractivity contribution is -0.125. The lowest BCUT2D eigenvalue weighted by Gasteiger charge is -2.12. The summed E-state index contributed by atoms with van der Waals surface area (Å²) >= 11 is 0. The van der Waals surface area contributed by atoms with Crippen LogP contribution in [-0.4, -0.2) is 37.4 Å². The van der Waals surface area contributed by atoms with Crippen LogP contribution in [0.4, 0.5) is 0 Å². The zero-order chi connectivity index (χ0) is 9.68. The van der Waals surface area contributed by atoms with Crippen molar-refractivity contribution in [1.82, 2.24) is 5.32 Å². The number of hydrogen-bond acceptors (Lipinski definition) is 3. The summed E-state index contributed by atoms with van der Waals surface area (Å²) in [6, 6.07) is 0. The molecule has 0 spiro atoms. The van der Waals surface area contributed by atoms with Gasteiger partial charge in [-0.3, -0.25) is 4.79 Å². The van der Waals surface area contributed by atoms with Crippen molar-refractivity contribution in [1.29, 1.82) is 0 Å². The average molecular weight is 187 g/mol. The third-order valence-corrected chi connectivity index (χ3v) is 2.24. The molecular weight excluding hydrogens is 170 g/mol. The number of nitrogens with one attached hydrogen (secondary N) is 1. The van der Waals surface area contributed by atoms with Crippen LogP contribution in [0.5, 0.6) is 0 Å². The third-order valence-electron chi connectivity index (χ3n) is 2.24. The maximum Gasteiger partial charge on any atom is 0.225 e. The minimum atomic E-state index is 0.0193. The van der Waals surface area contributed by atoms with E-state index in [2.05, 4.69) is 5.32 Å². The lowest BCUT2D eigenvalue weighted by Crippen LogP contribution is -2.34. The molecule has 76 valence electrons. The molecule has 1 amide bonds. The van der Waals surface area contributed by atoms with Crippen LogP contribution in [0.25, 0.3) is 0 Å². The van der Waals surface area contributed by atoms with Gasteiger partial charge >= 0.3 is 0 Å². The second kappa shape index (κ2) is 5.19. The molecule has 4 nitrogen and oxygen atoms in total. The van der Waals surface area contributed by atoms with E-state index >= 15 is 0 Å². The molecule has 2 N–H and O–H groups in total. The molecule has 0 saturated carbocycles. The van der Waals surface area contributed by atoms with Crippen LogP contribution < -0.4 is 5.32 Å². The first-order valence-corrected chi connectivity index (χ1v) is 4.70. The number of aliphatic hydroxyl groups is 1. The van der Waals surface area contributed by atoms with Gasteiger partial charge < -0.3 is 15.2 Å². The maximum atomic E-state index is 11.4. The van der Waals surface area contributed by atoms with E-state index in [1.807, 2.05) is 6.92 Å². The number of hydrogen-bond donors (Lipinski definition) is 2. The molecule has 2 atom stereocenters. The van der Waals surface area contributed by atoms with Gasteiger partial charge in [0.1, 0.15) is 0 Å². The van der Waals surface area contributed by atoms with Crippen molar-refractivity contribution in [3.8, 4) is 0 Å². The fourth-order valence-corrected chi connectivity index (χ4v) is 1.23. The van der Waals surface area contributed by atoms with E-state index in [0.29, 0.717) is 19.8 Å². The minimum absolute atomic E-state index is 0.0193. The molecule has 1 heterocycles. The van der Waals surface area contributed by atoms with Crippen molar-refractivity contribution in [3.05, 3.63) is 0 Å². The van der Waals surface area contributed by atoms with Gasteiger partial charge in [0.15, 0.2) is 0 Å². The highest BCUT2D eigenvalue weighted by Crippen LogP contribution is 2.11. The molecule has 0 aromatic carbocycles. The van der Waals surface area contributed by atoms with Crippen molar-refractivity contribution in [2.45, 2.75) is 13.3 Å². The summed E-state index contributed by atoms with van der Waals surface area (Å²) in [5.41, 5.74) is 0. The standard InChI is InChI=1S/C9H17NO3/c1-7(5-11)4-10-9(12)8-2-3-13-6-8/h7-8,11H,2-6H2,1H3,(H,10,12). The fraction of sp³-hybridized carbons (Fsp3) is 0.889. The second-order valence-corrected chi connectivity index (χ2v) is 3.59. The van der Waals surface area contributed by atoms with Crippen LogP contribution in [-0.2, 0) is 9.53 Å². The Morgan fingerprint density at radius 3 is 3.08 bits per heavy atom. The molecule has 0 aliphatic carbocycles. The number of aliphatic hydroxyl groups excluding tert-OH is 1. The summed E-state index contributed by atoms with van der Waals surface area (Å²) in [7, 11) is 0. The van der Waals surface area contributed by atoms with E-state index in [0.717, 1.165) is 6.42 Å². The van der Waals surface area contributed by atoms with E-state index < -0.39 is 0 Å². The van der Waals surface area contributed by atoms with Gasteiger partial charge in [-0.25, -0.2) is 0 Å². The summed E-state index contributed by atoms with van der Waals surface area (Å²) in [6.45, 7) is 3.78. The Morgan fingerprint density at radius 1 is 1.77 bits per heavy atom. The topological polar surface area (TPSA) is 58.6 Å². The van der Waals surface area contributed by atoms with Gasteiger partial charge in [-0.05, 0) is 12.3 Å². The number of rotatable bonds is 4. The van der Waals surface area contributed by atoms with Gasteiger partial charge in [-0.15, -0.1) is 0 Å². The van der Waals surface area contributed by atoms with Crippen molar-refractivity contribution in [3.63, 3.8) is 0 Å². The normalized spacial score (nSPS) is 24.3. The molecular formula is C9H17NO3. The van der Waals surface area contributed by atoms with Gasteiger partial charge in [-0.2, -0.15) is 0 Å². The SMILES string of the molecule is CC(CO)CNC(=O)C1CCOC1. The van der Waals surface area contributed by atoms with Gasteiger partial charge in [-0.1, -0.05) is 6.92 Å². The molecule has 1 fully saturated rings. The van der Waals surface area contributed by atoms with Crippen LogP contribution >= 0.6 is 0 Å². The zero-order valence-electron chi connectivity index (χ0n) is 7.95. The Morgan fingerprint density at radius 2 is 2.54 bits per heavy atom. The summed E-state index contributed by atoms with van der Waals surface area (Å²) in [5.74, 6) is 0.204. The Balaban J connectivity index is 2.16. The van der Waals surface area contributed by atoms with Crippen LogP contribution in [0.15, 0.2) is 0 Å². The Bertz CT molecular complexity index is 166. The number of carbonyl (C=O) groups is 1. The summed E-state index contributed by atoms with van der Waals surface area (Å²) < 4.78 is 5.10. The van der Waals surface area contributed by atoms with E-state index in [9.17, 15) is 4.79 Å². The predicted octanol–water partition coefficient (Wildman–Crippen LogP) is -0.233. The first-order chi connectivity index (χ1) is 6.24. The molecule has 0 radical (unpaired) electrons. The van der Waals surface area contributed by atoms with E-state index in [1.165, 1.54) is 0 Å². The number of carbonyl (C=O) groups excluding carboxylic acids is 1. The smallest absolute Gasteiger partial charge is 0.225 e. The van der Waals surface area contributed by atoms with E-state index in [1.54, 1.807) is 0 Å². The van der Waals surface area contributed by atoms with Crippen molar-refractivity contribution < 1.29 is 14.6 Å². The molecule has 2 unspecified atom stereocenters. The number of ether oxygens (including phenoxy) is 1. The van der Waals surface area contributed by atoms with Crippen LogP contribution in [0, 0.1) is 11.8 Å². The minimum Gasteiger partial charge on any atom is -0.396 e. The highest BCUT2D eigenvalue weighted by atomic mass is 16.5. The van der Waals surface area contributed by atoms with Crippen molar-refractivity contribution >= 4 is 5.91 Å². The Hall–Kier alpha value is -0.610. The number of amides is 1. The quantitative estimate of drug-likeness (QED) is 0.639. The Labute approximate surface area is 78.3 Å². The molecule has 13 heavy (non-hydrogen) atoms. The maximum absolute atomic E-state index is 11.4. The lowest BCUT2D eigenvalue weighted by atomic mass is 10.1. The first kappa shape index (κ1) is 10.5. The molecule has 1 aliphatic heterocycles. The molecule has 0 aromatic rings. The van der Waals surface area contributed by atoms with Crippen LogP contribution in [0.2, 0.25) is 0 Å². The van der Waals surface area contributed by atoms with Crippen LogP contribution in [0.1, 0.15) is 13.3 Å². The van der Waals surface area contributed by atoms with Gasteiger partial charge in [0.05, 0.1) is 12.5 Å². The molecule has 1 aliphatic rings. The van der Waals surface area contributed by atoms with Gasteiger partial charge in [0.25, 0.3) is 0 Å². The van der Waals surface area contributed by atoms with Gasteiger partial charge in [0, 0.05) is 19.8 Å². The first-order valence-electron chi connectivity index (χ1n) is 4.70. The largest absolute Gasteiger partial charge is 0.396 e. The molecule has 1 rings (SSSR count). The monoisotopic (exact) mass is 187 g/mol. The molecule has 0 bridgehead atoms. The van der Waals surface area contributed by atoms with E-state index in [4.69, 9.17) is 9.84 Å². The van der Waals surface area contributed by atoms with Crippen molar-refractivity contribution in [2.24, 2.45) is 11.8 Å². The summed E-state index contributed by atoms with van der Waals surface area (Å²) in [6.07, 6.45) is 0.819. The molecule has 1 saturated heterocycles. The zero-order valence-corrected chi connectivity index (χ0v) is 7.95. The highest BCUT2D eigenvalue weighted by Gasteiger charge is 2.23.